The zero-order valence-electron chi connectivity index (χ0n) is 11.6. The van der Waals surface area contributed by atoms with Crippen LogP contribution in [0, 0.1) is 6.92 Å². The summed E-state index contributed by atoms with van der Waals surface area (Å²) >= 11 is 6.16. The predicted molar refractivity (Wildman–Crippen MR) is 76.1 cm³/mol. The highest BCUT2D eigenvalue weighted by atomic mass is 35.5. The summed E-state index contributed by atoms with van der Waals surface area (Å²) in [6.07, 6.45) is 2.13. The molecule has 0 saturated carbocycles. The minimum absolute atomic E-state index is 0.714. The molecule has 0 spiro atoms. The third-order valence-electron chi connectivity index (χ3n) is 2.99. The third kappa shape index (κ3) is 3.58. The van der Waals surface area contributed by atoms with Crippen molar-refractivity contribution in [3.63, 3.8) is 0 Å². The van der Waals surface area contributed by atoms with Crippen molar-refractivity contribution in [2.75, 3.05) is 7.05 Å². The van der Waals surface area contributed by atoms with Crippen LogP contribution in [0.1, 0.15) is 36.1 Å². The van der Waals surface area contributed by atoms with Crippen molar-refractivity contribution in [3.8, 4) is 0 Å². The molecule has 5 nitrogen and oxygen atoms in total. The topological polar surface area (TPSA) is 60.6 Å². The highest BCUT2D eigenvalue weighted by Gasteiger charge is 2.11. The number of H-pyrrole nitrogens is 2. The number of aromatic nitrogens is 4. The van der Waals surface area contributed by atoms with Crippen LogP contribution in [0.2, 0.25) is 5.02 Å². The molecule has 2 N–H and O–H groups in total. The van der Waals surface area contributed by atoms with Gasteiger partial charge in [0, 0.05) is 18.8 Å². The number of rotatable bonds is 6. The molecular weight excluding hydrogens is 262 g/mol. The van der Waals surface area contributed by atoms with E-state index in [1.807, 2.05) is 14.0 Å². The molecule has 0 atom stereocenters. The van der Waals surface area contributed by atoms with Crippen LogP contribution in [-0.4, -0.2) is 32.3 Å². The summed E-state index contributed by atoms with van der Waals surface area (Å²) < 4.78 is 0. The van der Waals surface area contributed by atoms with Gasteiger partial charge in [0.15, 0.2) is 0 Å². The second-order valence-corrected chi connectivity index (χ2v) is 5.29. The minimum Gasteiger partial charge on any atom is -0.295 e. The first-order valence-electron chi connectivity index (χ1n) is 6.51. The standard InChI is InChI=1S/C13H20ClN5/c1-4-5-10-6-11(17-16-10)7-19(3)8-12-13(14)9(2)15-18-12/h6H,4-5,7-8H2,1-3H3,(H,15,18)(H,16,17). The molecule has 6 heteroatoms. The van der Waals surface area contributed by atoms with Crippen LogP contribution in [0.25, 0.3) is 0 Å². The fourth-order valence-electron chi connectivity index (χ4n) is 2.05. The SMILES string of the molecule is CCCc1cc(CN(C)Cc2n[nH]c(C)c2Cl)[nH]n1. The smallest absolute Gasteiger partial charge is 0.0951 e. The first kappa shape index (κ1) is 14.1. The number of hydrogen-bond donors (Lipinski definition) is 2. The normalized spacial score (nSPS) is 11.4. The number of nitrogens with one attached hydrogen (secondary N) is 2. The zero-order chi connectivity index (χ0) is 13.8. The first-order valence-corrected chi connectivity index (χ1v) is 6.89. The van der Waals surface area contributed by atoms with E-state index in [1.165, 1.54) is 0 Å². The number of nitrogens with zero attached hydrogens (tertiary/aromatic N) is 3. The van der Waals surface area contributed by atoms with Crippen LogP contribution in [0.5, 0.6) is 0 Å². The van der Waals surface area contributed by atoms with Crippen LogP contribution in [0.4, 0.5) is 0 Å². The highest BCUT2D eigenvalue weighted by molar-refractivity contribution is 6.31. The van der Waals surface area contributed by atoms with Crippen LogP contribution >= 0.6 is 11.6 Å². The molecular formula is C13H20ClN5. The monoisotopic (exact) mass is 281 g/mol. The molecule has 0 unspecified atom stereocenters. The van der Waals surface area contributed by atoms with Gasteiger partial charge in [-0.25, -0.2) is 0 Å². The number of aryl methyl sites for hydroxylation is 2. The Bertz CT molecular complexity index is 531. The summed E-state index contributed by atoms with van der Waals surface area (Å²) in [5.41, 5.74) is 4.04. The number of hydrogen-bond acceptors (Lipinski definition) is 3. The van der Waals surface area contributed by atoms with Crippen molar-refractivity contribution in [2.45, 2.75) is 39.8 Å². The fraction of sp³-hybridized carbons (Fsp3) is 0.538. The van der Waals surface area contributed by atoms with Crippen LogP contribution in [0.15, 0.2) is 6.07 Å². The minimum atomic E-state index is 0.714. The van der Waals surface area contributed by atoms with Gasteiger partial charge in [-0.15, -0.1) is 0 Å². The number of aromatic amines is 2. The Balaban J connectivity index is 1.93. The van der Waals surface area contributed by atoms with E-state index in [1.54, 1.807) is 0 Å². The van der Waals surface area contributed by atoms with Crippen molar-refractivity contribution in [2.24, 2.45) is 0 Å². The van der Waals surface area contributed by atoms with Gasteiger partial charge in [0.1, 0.15) is 0 Å². The van der Waals surface area contributed by atoms with E-state index < -0.39 is 0 Å². The first-order chi connectivity index (χ1) is 9.10. The quantitative estimate of drug-likeness (QED) is 0.856. The molecule has 104 valence electrons. The molecule has 0 radical (unpaired) electrons. The largest absolute Gasteiger partial charge is 0.295 e. The van der Waals surface area contributed by atoms with Crippen molar-refractivity contribution in [1.82, 2.24) is 25.3 Å². The average Bonchev–Trinajstić information content (AvgIpc) is 2.92. The lowest BCUT2D eigenvalue weighted by Gasteiger charge is -2.13. The van der Waals surface area contributed by atoms with E-state index in [4.69, 9.17) is 11.6 Å². The highest BCUT2D eigenvalue weighted by Crippen LogP contribution is 2.18. The van der Waals surface area contributed by atoms with Gasteiger partial charge < -0.3 is 0 Å². The number of halogens is 1. The molecule has 19 heavy (non-hydrogen) atoms. The van der Waals surface area contributed by atoms with Gasteiger partial charge in [0.2, 0.25) is 0 Å². The molecule has 0 fully saturated rings. The lowest BCUT2D eigenvalue weighted by molar-refractivity contribution is 0.311. The summed E-state index contributed by atoms with van der Waals surface area (Å²) in [5.74, 6) is 0. The molecule has 0 aliphatic rings. The molecule has 2 heterocycles. The molecule has 0 amide bonds. The molecule has 0 saturated heterocycles. The van der Waals surface area contributed by atoms with Crippen molar-refractivity contribution < 1.29 is 0 Å². The maximum absolute atomic E-state index is 6.16. The Morgan fingerprint density at radius 2 is 2.05 bits per heavy atom. The molecule has 0 aliphatic carbocycles. The lowest BCUT2D eigenvalue weighted by Crippen LogP contribution is -2.18. The van der Waals surface area contributed by atoms with Gasteiger partial charge in [-0.2, -0.15) is 10.2 Å². The Kier molecular flexibility index (Phi) is 4.61. The summed E-state index contributed by atoms with van der Waals surface area (Å²) in [5, 5.41) is 15.2. The van der Waals surface area contributed by atoms with Gasteiger partial charge in [-0.1, -0.05) is 24.9 Å². The van der Waals surface area contributed by atoms with Crippen molar-refractivity contribution in [1.29, 1.82) is 0 Å². The Morgan fingerprint density at radius 1 is 1.26 bits per heavy atom. The maximum Gasteiger partial charge on any atom is 0.0951 e. The second kappa shape index (κ2) is 6.21. The summed E-state index contributed by atoms with van der Waals surface area (Å²) in [4.78, 5) is 2.16. The predicted octanol–water partition coefficient (Wildman–Crippen LogP) is 2.68. The van der Waals surface area contributed by atoms with Gasteiger partial charge >= 0.3 is 0 Å². The summed E-state index contributed by atoms with van der Waals surface area (Å²) in [6, 6.07) is 2.12. The summed E-state index contributed by atoms with van der Waals surface area (Å²) in [6.45, 7) is 5.59. The van der Waals surface area contributed by atoms with Crippen molar-refractivity contribution >= 4 is 11.6 Å². The van der Waals surface area contributed by atoms with Crippen molar-refractivity contribution in [3.05, 3.63) is 33.9 Å². The van der Waals surface area contributed by atoms with E-state index >= 15 is 0 Å². The lowest BCUT2D eigenvalue weighted by atomic mass is 10.2. The van der Waals surface area contributed by atoms with Gasteiger partial charge in [0.05, 0.1) is 22.1 Å². The van der Waals surface area contributed by atoms with Gasteiger partial charge in [0.25, 0.3) is 0 Å². The molecule has 2 aromatic rings. The molecule has 2 aromatic heterocycles. The van der Waals surface area contributed by atoms with Gasteiger partial charge in [-0.05, 0) is 26.5 Å². The Morgan fingerprint density at radius 3 is 2.68 bits per heavy atom. The van der Waals surface area contributed by atoms with Crippen LogP contribution < -0.4 is 0 Å². The molecule has 0 aliphatic heterocycles. The van der Waals surface area contributed by atoms with E-state index in [-0.39, 0.29) is 0 Å². The molecule has 0 aromatic carbocycles. The Hall–Kier alpha value is -1.33. The van der Waals surface area contributed by atoms with Crippen LogP contribution in [-0.2, 0) is 19.5 Å². The molecule has 2 rings (SSSR count). The van der Waals surface area contributed by atoms with E-state index in [0.29, 0.717) is 6.54 Å². The van der Waals surface area contributed by atoms with E-state index in [9.17, 15) is 0 Å². The molecule has 0 bridgehead atoms. The zero-order valence-corrected chi connectivity index (χ0v) is 12.4. The summed E-state index contributed by atoms with van der Waals surface area (Å²) in [7, 11) is 2.04. The van der Waals surface area contributed by atoms with Crippen LogP contribution in [0.3, 0.4) is 0 Å². The maximum atomic E-state index is 6.16. The van der Waals surface area contributed by atoms with E-state index in [2.05, 4.69) is 38.3 Å². The van der Waals surface area contributed by atoms with Gasteiger partial charge in [-0.3, -0.25) is 15.1 Å². The fourth-order valence-corrected chi connectivity index (χ4v) is 2.19. The second-order valence-electron chi connectivity index (χ2n) is 4.92. The Labute approximate surface area is 118 Å². The average molecular weight is 282 g/mol. The van der Waals surface area contributed by atoms with E-state index in [0.717, 1.165) is 47.2 Å². The third-order valence-corrected chi connectivity index (χ3v) is 3.49.